The van der Waals surface area contributed by atoms with Crippen LogP contribution in [-0.2, 0) is 7.05 Å². The van der Waals surface area contributed by atoms with E-state index in [4.69, 9.17) is 10.2 Å². The number of hydrogen-bond donors (Lipinski definition) is 1. The molecule has 2 N–H and O–H groups in total. The monoisotopic (exact) mass is 347 g/mol. The van der Waals surface area contributed by atoms with Crippen LogP contribution in [0.3, 0.4) is 0 Å². The number of aromatic nitrogens is 2. The van der Waals surface area contributed by atoms with Crippen LogP contribution >= 0.6 is 0 Å². The first-order chi connectivity index (χ1) is 12.4. The van der Waals surface area contributed by atoms with E-state index >= 15 is 0 Å². The second-order valence-corrected chi connectivity index (χ2v) is 6.95. The van der Waals surface area contributed by atoms with Gasteiger partial charge in [-0.1, -0.05) is 6.07 Å². The third kappa shape index (κ3) is 2.44. The number of aryl methyl sites for hydroxylation is 2. The minimum atomic E-state index is -0.225. The van der Waals surface area contributed by atoms with Crippen molar-refractivity contribution in [3.05, 3.63) is 63.4 Å². The van der Waals surface area contributed by atoms with E-state index in [0.29, 0.717) is 22.3 Å². The summed E-state index contributed by atoms with van der Waals surface area (Å²) in [6, 6.07) is 9.58. The molecule has 0 bridgehead atoms. The highest BCUT2D eigenvalue weighted by Crippen LogP contribution is 2.31. The normalized spacial score (nSPS) is 12.8. The van der Waals surface area contributed by atoms with Gasteiger partial charge in [0.05, 0.1) is 17.1 Å². The predicted molar refractivity (Wildman–Crippen MR) is 104 cm³/mol. The highest BCUT2D eigenvalue weighted by atomic mass is 16.3. The Labute approximate surface area is 151 Å². The average molecular weight is 347 g/mol. The summed E-state index contributed by atoms with van der Waals surface area (Å²) in [5.41, 5.74) is 11.0. The van der Waals surface area contributed by atoms with Crippen LogP contribution in [0.25, 0.3) is 33.2 Å². The van der Waals surface area contributed by atoms with Crippen molar-refractivity contribution >= 4 is 21.9 Å². The summed E-state index contributed by atoms with van der Waals surface area (Å²) in [6.45, 7) is 5.67. The molecule has 5 heteroatoms. The molecule has 0 unspecified atom stereocenters. The van der Waals surface area contributed by atoms with Gasteiger partial charge in [-0.2, -0.15) is 5.10 Å². The Balaban J connectivity index is 2.05. The summed E-state index contributed by atoms with van der Waals surface area (Å²) in [4.78, 5) is 13.0. The summed E-state index contributed by atoms with van der Waals surface area (Å²) >= 11 is 0. The second kappa shape index (κ2) is 5.81. The number of benzene rings is 2. The third-order valence-electron chi connectivity index (χ3n) is 4.89. The van der Waals surface area contributed by atoms with E-state index in [1.54, 1.807) is 0 Å². The lowest BCUT2D eigenvalue weighted by atomic mass is 9.99. The quantitative estimate of drug-likeness (QED) is 0.595. The van der Waals surface area contributed by atoms with Crippen LogP contribution in [0.5, 0.6) is 0 Å². The van der Waals surface area contributed by atoms with Gasteiger partial charge in [0.25, 0.3) is 0 Å². The fraction of sp³-hybridized carbons (Fsp3) is 0.238. The van der Waals surface area contributed by atoms with Crippen molar-refractivity contribution in [1.82, 2.24) is 9.78 Å². The van der Waals surface area contributed by atoms with Gasteiger partial charge in [-0.25, -0.2) is 0 Å². The van der Waals surface area contributed by atoms with Crippen LogP contribution in [-0.4, -0.2) is 9.78 Å². The molecule has 0 saturated heterocycles. The van der Waals surface area contributed by atoms with E-state index in [2.05, 4.69) is 5.10 Å². The molecular weight excluding hydrogens is 326 g/mol. The smallest absolute Gasteiger partial charge is 0.196 e. The van der Waals surface area contributed by atoms with Gasteiger partial charge in [0, 0.05) is 35.2 Å². The highest BCUT2D eigenvalue weighted by Gasteiger charge is 2.17. The fourth-order valence-electron chi connectivity index (χ4n) is 3.49. The van der Waals surface area contributed by atoms with E-state index < -0.39 is 0 Å². The number of nitrogens with zero attached hydrogens (tertiary/aromatic N) is 2. The van der Waals surface area contributed by atoms with Crippen molar-refractivity contribution in [2.45, 2.75) is 26.8 Å². The Hall–Kier alpha value is -2.92. The first-order valence-corrected chi connectivity index (χ1v) is 8.62. The zero-order valence-corrected chi connectivity index (χ0v) is 15.3. The maximum absolute atomic E-state index is 13.0. The SMILES string of the molecule is Cc1cc([C@@H](C)N)c2oc(-c3ccc4c(cnn4C)c3)c(C)c(=O)c2c1. The molecule has 4 aromatic rings. The van der Waals surface area contributed by atoms with Crippen molar-refractivity contribution in [3.63, 3.8) is 0 Å². The van der Waals surface area contributed by atoms with Gasteiger partial charge in [0.1, 0.15) is 11.3 Å². The van der Waals surface area contributed by atoms with Crippen molar-refractivity contribution in [2.24, 2.45) is 12.8 Å². The van der Waals surface area contributed by atoms with Gasteiger partial charge in [0.15, 0.2) is 5.43 Å². The van der Waals surface area contributed by atoms with Crippen LogP contribution in [0.1, 0.15) is 29.7 Å². The van der Waals surface area contributed by atoms with Gasteiger partial charge in [0.2, 0.25) is 0 Å². The Morgan fingerprint density at radius 1 is 1.19 bits per heavy atom. The molecule has 0 aliphatic heterocycles. The molecule has 2 aromatic heterocycles. The number of nitrogens with two attached hydrogens (primary N) is 1. The average Bonchev–Trinajstić information content (AvgIpc) is 2.98. The molecule has 5 nitrogen and oxygen atoms in total. The van der Waals surface area contributed by atoms with Crippen molar-refractivity contribution in [3.8, 4) is 11.3 Å². The van der Waals surface area contributed by atoms with Crippen molar-refractivity contribution < 1.29 is 4.42 Å². The maximum atomic E-state index is 13.0. The molecule has 1 atom stereocenters. The lowest BCUT2D eigenvalue weighted by Gasteiger charge is -2.13. The summed E-state index contributed by atoms with van der Waals surface area (Å²) in [7, 11) is 1.90. The maximum Gasteiger partial charge on any atom is 0.196 e. The summed E-state index contributed by atoms with van der Waals surface area (Å²) in [6.07, 6.45) is 1.81. The molecule has 2 aromatic carbocycles. The highest BCUT2D eigenvalue weighted by molar-refractivity contribution is 5.87. The minimum Gasteiger partial charge on any atom is -0.455 e. The summed E-state index contributed by atoms with van der Waals surface area (Å²) in [5.74, 6) is 0.582. The van der Waals surface area contributed by atoms with Gasteiger partial charge in [-0.15, -0.1) is 0 Å². The van der Waals surface area contributed by atoms with Gasteiger partial charge < -0.3 is 10.2 Å². The Kier molecular flexibility index (Phi) is 3.70. The molecule has 0 spiro atoms. The van der Waals surface area contributed by atoms with E-state index in [0.717, 1.165) is 27.6 Å². The largest absolute Gasteiger partial charge is 0.455 e. The fourth-order valence-corrected chi connectivity index (χ4v) is 3.49. The Morgan fingerprint density at radius 2 is 1.96 bits per heavy atom. The molecule has 0 radical (unpaired) electrons. The standard InChI is InChI=1S/C21H21N3O2/c1-11-7-16(13(3)22)21-17(8-11)19(25)12(2)20(26-21)14-5-6-18-15(9-14)10-23-24(18)4/h5-10,13H,22H2,1-4H3/t13-/m1/s1. The summed E-state index contributed by atoms with van der Waals surface area (Å²) < 4.78 is 8.07. The molecule has 4 rings (SSSR count). The lowest BCUT2D eigenvalue weighted by Crippen LogP contribution is -2.12. The molecule has 26 heavy (non-hydrogen) atoms. The number of rotatable bonds is 2. The van der Waals surface area contributed by atoms with E-state index in [9.17, 15) is 4.79 Å². The van der Waals surface area contributed by atoms with Crippen LogP contribution < -0.4 is 11.2 Å². The molecule has 0 aliphatic rings. The molecule has 0 amide bonds. The van der Waals surface area contributed by atoms with Gasteiger partial charge in [-0.05, 0) is 50.6 Å². The van der Waals surface area contributed by atoms with Gasteiger partial charge in [-0.3, -0.25) is 9.48 Å². The van der Waals surface area contributed by atoms with Crippen molar-refractivity contribution in [2.75, 3.05) is 0 Å². The Bertz CT molecular complexity index is 1220. The zero-order valence-electron chi connectivity index (χ0n) is 15.3. The summed E-state index contributed by atoms with van der Waals surface area (Å²) in [5, 5.41) is 5.86. The topological polar surface area (TPSA) is 74.0 Å². The van der Waals surface area contributed by atoms with E-state index in [1.807, 2.05) is 69.0 Å². The predicted octanol–water partition coefficient (Wildman–Crippen LogP) is 3.98. The van der Waals surface area contributed by atoms with Crippen molar-refractivity contribution in [1.29, 1.82) is 0 Å². The molecular formula is C21H21N3O2. The van der Waals surface area contributed by atoms with E-state index in [1.165, 1.54) is 0 Å². The minimum absolute atomic E-state index is 0.0156. The van der Waals surface area contributed by atoms with Crippen LogP contribution in [0, 0.1) is 13.8 Å². The van der Waals surface area contributed by atoms with Crippen LogP contribution in [0.15, 0.2) is 45.7 Å². The van der Waals surface area contributed by atoms with E-state index in [-0.39, 0.29) is 11.5 Å². The first-order valence-electron chi connectivity index (χ1n) is 8.62. The molecule has 0 saturated carbocycles. The second-order valence-electron chi connectivity index (χ2n) is 6.95. The molecule has 0 aliphatic carbocycles. The first kappa shape index (κ1) is 16.5. The van der Waals surface area contributed by atoms with Crippen LogP contribution in [0.4, 0.5) is 0 Å². The van der Waals surface area contributed by atoms with Gasteiger partial charge >= 0.3 is 0 Å². The Morgan fingerprint density at radius 3 is 2.69 bits per heavy atom. The third-order valence-corrected chi connectivity index (χ3v) is 4.89. The number of hydrogen-bond acceptors (Lipinski definition) is 4. The van der Waals surface area contributed by atoms with Crippen LogP contribution in [0.2, 0.25) is 0 Å². The molecule has 0 fully saturated rings. The number of fused-ring (bicyclic) bond motifs is 2. The lowest BCUT2D eigenvalue weighted by molar-refractivity contribution is 0.603. The molecule has 2 heterocycles. The molecule has 132 valence electrons. The zero-order chi connectivity index (χ0) is 18.6.